The van der Waals surface area contributed by atoms with Gasteiger partial charge in [0.2, 0.25) is 11.9 Å². The third-order valence-corrected chi connectivity index (χ3v) is 4.72. The molecule has 0 unspecified atom stereocenters. The second-order valence-corrected chi connectivity index (χ2v) is 6.35. The molecule has 3 rings (SSSR count). The van der Waals surface area contributed by atoms with Crippen LogP contribution in [0.25, 0.3) is 0 Å². The number of carbonyl (C=O) groups excluding carboxylic acids is 2. The van der Waals surface area contributed by atoms with Crippen LogP contribution in [0.5, 0.6) is 0 Å². The molecule has 0 radical (unpaired) electrons. The fraction of sp³-hybridized carbons (Fsp3) is 0.647. The van der Waals surface area contributed by atoms with Crippen molar-refractivity contribution < 1.29 is 14.3 Å². The zero-order valence-corrected chi connectivity index (χ0v) is 14.6. The predicted octanol–water partition coefficient (Wildman–Crippen LogP) is 0.994. The zero-order chi connectivity index (χ0) is 17.6. The number of nitrogens with zero attached hydrogens (tertiary/aromatic N) is 5. The number of aromatic nitrogens is 2. The first kappa shape index (κ1) is 17.4. The molecule has 1 aromatic rings. The molecule has 0 spiro atoms. The second-order valence-electron chi connectivity index (χ2n) is 6.35. The van der Waals surface area contributed by atoms with Crippen LogP contribution in [0.3, 0.4) is 0 Å². The van der Waals surface area contributed by atoms with E-state index in [-0.39, 0.29) is 17.9 Å². The van der Waals surface area contributed by atoms with Crippen molar-refractivity contribution in [2.45, 2.75) is 19.8 Å². The van der Waals surface area contributed by atoms with Gasteiger partial charge >= 0.3 is 6.09 Å². The van der Waals surface area contributed by atoms with Crippen molar-refractivity contribution in [1.29, 1.82) is 0 Å². The van der Waals surface area contributed by atoms with E-state index in [2.05, 4.69) is 14.9 Å². The minimum absolute atomic E-state index is 0.0355. The number of amides is 2. The normalized spacial score (nSPS) is 21.2. The average Bonchev–Trinajstić information content (AvgIpc) is 2.68. The summed E-state index contributed by atoms with van der Waals surface area (Å²) in [6.45, 7) is 5.89. The van der Waals surface area contributed by atoms with E-state index in [1.54, 1.807) is 30.3 Å². The zero-order valence-electron chi connectivity index (χ0n) is 14.6. The van der Waals surface area contributed by atoms with Gasteiger partial charge in [-0.25, -0.2) is 14.8 Å². The highest BCUT2D eigenvalue weighted by molar-refractivity contribution is 5.80. The number of carbonyl (C=O) groups is 2. The van der Waals surface area contributed by atoms with Crippen LogP contribution in [0.1, 0.15) is 19.8 Å². The molecule has 3 heterocycles. The minimum Gasteiger partial charge on any atom is -0.450 e. The number of anilines is 1. The van der Waals surface area contributed by atoms with Gasteiger partial charge in [-0.3, -0.25) is 4.79 Å². The molecule has 0 N–H and O–H groups in total. The van der Waals surface area contributed by atoms with Crippen LogP contribution in [0.2, 0.25) is 0 Å². The Bertz CT molecular complexity index is 589. The number of rotatable bonds is 3. The third-order valence-electron chi connectivity index (χ3n) is 4.72. The lowest BCUT2D eigenvalue weighted by Crippen LogP contribution is -2.53. The lowest BCUT2D eigenvalue weighted by Gasteiger charge is -2.38. The molecule has 0 aliphatic carbocycles. The summed E-state index contributed by atoms with van der Waals surface area (Å²) in [5.74, 6) is 0.822. The highest BCUT2D eigenvalue weighted by Gasteiger charge is 2.32. The van der Waals surface area contributed by atoms with Crippen LogP contribution in [-0.4, -0.2) is 77.6 Å². The van der Waals surface area contributed by atoms with Gasteiger partial charge in [-0.05, 0) is 25.8 Å². The topological polar surface area (TPSA) is 78.9 Å². The molecule has 8 heteroatoms. The molecule has 2 fully saturated rings. The van der Waals surface area contributed by atoms with Gasteiger partial charge in [-0.15, -0.1) is 0 Å². The van der Waals surface area contributed by atoms with Gasteiger partial charge in [-0.1, -0.05) is 0 Å². The molecule has 1 atom stereocenters. The lowest BCUT2D eigenvalue weighted by atomic mass is 9.96. The summed E-state index contributed by atoms with van der Waals surface area (Å²) in [4.78, 5) is 38.8. The molecule has 0 aromatic carbocycles. The van der Waals surface area contributed by atoms with E-state index in [1.807, 2.05) is 4.90 Å². The predicted molar refractivity (Wildman–Crippen MR) is 92.1 cm³/mol. The van der Waals surface area contributed by atoms with Crippen LogP contribution in [-0.2, 0) is 9.53 Å². The number of piperazine rings is 1. The molecule has 2 amide bonds. The van der Waals surface area contributed by atoms with Crippen LogP contribution in [0.15, 0.2) is 18.5 Å². The summed E-state index contributed by atoms with van der Waals surface area (Å²) >= 11 is 0. The molecule has 0 saturated carbocycles. The van der Waals surface area contributed by atoms with E-state index < -0.39 is 0 Å². The maximum atomic E-state index is 12.9. The van der Waals surface area contributed by atoms with Gasteiger partial charge in [-0.2, -0.15) is 0 Å². The van der Waals surface area contributed by atoms with Crippen molar-refractivity contribution in [3.63, 3.8) is 0 Å². The largest absolute Gasteiger partial charge is 0.450 e. The van der Waals surface area contributed by atoms with E-state index in [0.717, 1.165) is 19.4 Å². The molecular weight excluding hydrogens is 322 g/mol. The molecule has 2 aliphatic heterocycles. The number of piperidine rings is 1. The standard InChI is InChI=1S/C17H25N5O3/c1-2-25-17(24)21-11-9-20(10-12-21)15(23)14-5-3-8-22(13-14)16-18-6-4-7-19-16/h4,6-7,14H,2-3,5,8-13H2,1H3/t14-/m1/s1. The fourth-order valence-corrected chi connectivity index (χ4v) is 3.40. The van der Waals surface area contributed by atoms with E-state index >= 15 is 0 Å². The Balaban J connectivity index is 1.54. The number of hydrogen-bond acceptors (Lipinski definition) is 6. The Kier molecular flexibility index (Phi) is 5.67. The summed E-state index contributed by atoms with van der Waals surface area (Å²) in [6.07, 6.45) is 5.00. The van der Waals surface area contributed by atoms with Crippen molar-refractivity contribution in [3.8, 4) is 0 Å². The summed E-state index contributed by atoms with van der Waals surface area (Å²) in [5, 5.41) is 0. The highest BCUT2D eigenvalue weighted by atomic mass is 16.6. The highest BCUT2D eigenvalue weighted by Crippen LogP contribution is 2.22. The number of hydrogen-bond donors (Lipinski definition) is 0. The molecule has 0 bridgehead atoms. The van der Waals surface area contributed by atoms with Gasteiger partial charge in [0.1, 0.15) is 0 Å². The summed E-state index contributed by atoms with van der Waals surface area (Å²) in [5.41, 5.74) is 0. The van der Waals surface area contributed by atoms with Gasteiger partial charge in [0.05, 0.1) is 12.5 Å². The van der Waals surface area contributed by atoms with Crippen LogP contribution in [0, 0.1) is 5.92 Å². The Morgan fingerprint density at radius 1 is 1.12 bits per heavy atom. The maximum Gasteiger partial charge on any atom is 0.409 e. The van der Waals surface area contributed by atoms with E-state index in [9.17, 15) is 9.59 Å². The SMILES string of the molecule is CCOC(=O)N1CCN(C(=O)[C@@H]2CCCN(c3ncccn3)C2)CC1. The quantitative estimate of drug-likeness (QED) is 0.811. The monoisotopic (exact) mass is 347 g/mol. The molecule has 2 saturated heterocycles. The summed E-state index contributed by atoms with van der Waals surface area (Å²) in [6, 6.07) is 1.79. The first-order chi connectivity index (χ1) is 12.2. The molecule has 136 valence electrons. The molecular formula is C17H25N5O3. The lowest BCUT2D eigenvalue weighted by molar-refractivity contribution is -0.137. The molecule has 2 aliphatic rings. The van der Waals surface area contributed by atoms with Crippen molar-refractivity contribution in [1.82, 2.24) is 19.8 Å². The smallest absolute Gasteiger partial charge is 0.409 e. The summed E-state index contributed by atoms with van der Waals surface area (Å²) in [7, 11) is 0. The van der Waals surface area contributed by atoms with Crippen LogP contribution >= 0.6 is 0 Å². The Labute approximate surface area is 147 Å². The first-order valence-corrected chi connectivity index (χ1v) is 8.91. The van der Waals surface area contributed by atoms with E-state index in [4.69, 9.17) is 4.74 Å². The average molecular weight is 347 g/mol. The maximum absolute atomic E-state index is 12.9. The Morgan fingerprint density at radius 2 is 1.80 bits per heavy atom. The van der Waals surface area contributed by atoms with Crippen molar-refractivity contribution in [2.24, 2.45) is 5.92 Å². The van der Waals surface area contributed by atoms with Crippen LogP contribution < -0.4 is 4.90 Å². The third kappa shape index (κ3) is 4.18. The molecule has 25 heavy (non-hydrogen) atoms. The van der Waals surface area contributed by atoms with E-state index in [1.165, 1.54) is 0 Å². The first-order valence-electron chi connectivity index (χ1n) is 8.91. The number of ether oxygens (including phenoxy) is 1. The van der Waals surface area contributed by atoms with Gasteiger partial charge in [0.25, 0.3) is 0 Å². The van der Waals surface area contributed by atoms with Crippen molar-refractivity contribution >= 4 is 17.9 Å². The van der Waals surface area contributed by atoms with E-state index in [0.29, 0.717) is 45.3 Å². The van der Waals surface area contributed by atoms with Gasteiger partial charge in [0.15, 0.2) is 0 Å². The Hall–Kier alpha value is -2.38. The summed E-state index contributed by atoms with van der Waals surface area (Å²) < 4.78 is 5.02. The van der Waals surface area contributed by atoms with Crippen LogP contribution in [0.4, 0.5) is 10.7 Å². The fourth-order valence-electron chi connectivity index (χ4n) is 3.40. The minimum atomic E-state index is -0.292. The van der Waals surface area contributed by atoms with Gasteiger partial charge in [0, 0.05) is 51.7 Å². The second kappa shape index (κ2) is 8.13. The molecule has 8 nitrogen and oxygen atoms in total. The Morgan fingerprint density at radius 3 is 2.48 bits per heavy atom. The van der Waals surface area contributed by atoms with Crippen molar-refractivity contribution in [2.75, 3.05) is 50.8 Å². The molecule has 1 aromatic heterocycles. The van der Waals surface area contributed by atoms with Crippen molar-refractivity contribution in [3.05, 3.63) is 18.5 Å². The van der Waals surface area contributed by atoms with Gasteiger partial charge < -0.3 is 19.4 Å².